The molecule has 2 amide bonds. The molecule has 2 heterocycles. The number of carbonyl (C=O) groups excluding carboxylic acids is 2. The van der Waals surface area contributed by atoms with Gasteiger partial charge in [-0.2, -0.15) is 0 Å². The second-order valence-electron chi connectivity index (χ2n) is 7.26. The summed E-state index contributed by atoms with van der Waals surface area (Å²) in [6, 6.07) is 18.4. The number of rotatable bonds is 7. The third-order valence-electron chi connectivity index (χ3n) is 4.96. The van der Waals surface area contributed by atoms with Crippen LogP contribution in [0.2, 0.25) is 0 Å². The molecule has 2 aromatic carbocycles. The van der Waals surface area contributed by atoms with Gasteiger partial charge in [0.05, 0.1) is 6.26 Å². The molecule has 6 nitrogen and oxygen atoms in total. The van der Waals surface area contributed by atoms with Crippen LogP contribution in [0.3, 0.4) is 0 Å². The highest BCUT2D eigenvalue weighted by molar-refractivity contribution is 6.05. The third kappa shape index (κ3) is 4.93. The van der Waals surface area contributed by atoms with Gasteiger partial charge in [0.2, 0.25) is 0 Å². The summed E-state index contributed by atoms with van der Waals surface area (Å²) in [5.74, 6) is -0.262. The highest BCUT2D eigenvalue weighted by Gasteiger charge is 2.15. The monoisotopic (exact) mass is 413 g/mol. The van der Waals surface area contributed by atoms with E-state index in [1.54, 1.807) is 36.4 Å². The van der Waals surface area contributed by atoms with Crippen LogP contribution in [0.5, 0.6) is 0 Å². The first-order chi connectivity index (χ1) is 15.1. The van der Waals surface area contributed by atoms with Crippen LogP contribution in [0, 0.1) is 6.92 Å². The van der Waals surface area contributed by atoms with Crippen molar-refractivity contribution in [1.29, 1.82) is 0 Å². The Kier molecular flexibility index (Phi) is 5.98. The number of nitrogens with one attached hydrogen (secondary N) is 3. The topological polar surface area (TPSA) is 87.1 Å². The van der Waals surface area contributed by atoms with Crippen LogP contribution in [0.25, 0.3) is 17.0 Å². The van der Waals surface area contributed by atoms with Gasteiger partial charge in [0.15, 0.2) is 0 Å². The summed E-state index contributed by atoms with van der Waals surface area (Å²) in [5, 5.41) is 6.73. The van der Waals surface area contributed by atoms with Crippen LogP contribution in [-0.4, -0.2) is 23.3 Å². The predicted molar refractivity (Wildman–Crippen MR) is 120 cm³/mol. The van der Waals surface area contributed by atoms with Crippen molar-refractivity contribution in [2.24, 2.45) is 0 Å². The fourth-order valence-electron chi connectivity index (χ4n) is 3.37. The average Bonchev–Trinajstić information content (AvgIpc) is 3.43. The molecule has 156 valence electrons. The van der Waals surface area contributed by atoms with E-state index >= 15 is 0 Å². The van der Waals surface area contributed by atoms with Crippen molar-refractivity contribution < 1.29 is 14.0 Å². The Morgan fingerprint density at radius 2 is 1.90 bits per heavy atom. The van der Waals surface area contributed by atoms with Crippen molar-refractivity contribution in [3.8, 4) is 0 Å². The summed E-state index contributed by atoms with van der Waals surface area (Å²) in [6.45, 7) is 2.48. The summed E-state index contributed by atoms with van der Waals surface area (Å²) in [6.07, 6.45) is 5.66. The first kappa shape index (κ1) is 20.2. The largest absolute Gasteiger partial charge is 0.465 e. The van der Waals surface area contributed by atoms with Crippen molar-refractivity contribution >= 4 is 28.8 Å². The van der Waals surface area contributed by atoms with E-state index in [0.717, 1.165) is 16.5 Å². The van der Waals surface area contributed by atoms with E-state index in [1.807, 2.05) is 12.3 Å². The molecule has 0 bridgehead atoms. The predicted octanol–water partition coefficient (Wildman–Crippen LogP) is 4.20. The van der Waals surface area contributed by atoms with Gasteiger partial charge in [0.1, 0.15) is 11.5 Å². The van der Waals surface area contributed by atoms with Gasteiger partial charge in [-0.05, 0) is 54.8 Å². The van der Waals surface area contributed by atoms with Gasteiger partial charge < -0.3 is 20.0 Å². The van der Waals surface area contributed by atoms with Gasteiger partial charge in [-0.25, -0.2) is 0 Å². The summed E-state index contributed by atoms with van der Waals surface area (Å²) >= 11 is 0. The molecule has 0 unspecified atom stereocenters. The lowest BCUT2D eigenvalue weighted by molar-refractivity contribution is -0.117. The molecular weight excluding hydrogens is 390 g/mol. The number of carbonyl (C=O) groups is 2. The number of H-pyrrole nitrogens is 1. The van der Waals surface area contributed by atoms with Crippen LogP contribution in [-0.2, 0) is 11.2 Å². The molecule has 6 heteroatoms. The SMILES string of the molecule is Cc1ccc2c(CCNC(=O)/C(=C/c3ccco3)NC(=O)c3ccccc3)c[nH]c2c1. The van der Waals surface area contributed by atoms with Crippen LogP contribution >= 0.6 is 0 Å². The van der Waals surface area contributed by atoms with Crippen LogP contribution in [0.4, 0.5) is 0 Å². The smallest absolute Gasteiger partial charge is 0.267 e. The van der Waals surface area contributed by atoms with Crippen LogP contribution < -0.4 is 10.6 Å². The molecule has 0 atom stereocenters. The summed E-state index contributed by atoms with van der Waals surface area (Å²) in [5.41, 5.74) is 3.99. The van der Waals surface area contributed by atoms with Crippen LogP contribution in [0.15, 0.2) is 83.2 Å². The minimum absolute atomic E-state index is 0.123. The first-order valence-electron chi connectivity index (χ1n) is 10.1. The molecule has 0 radical (unpaired) electrons. The summed E-state index contributed by atoms with van der Waals surface area (Å²) in [4.78, 5) is 28.7. The van der Waals surface area contributed by atoms with E-state index in [-0.39, 0.29) is 17.5 Å². The van der Waals surface area contributed by atoms with Crippen molar-refractivity contribution in [1.82, 2.24) is 15.6 Å². The average molecular weight is 413 g/mol. The van der Waals surface area contributed by atoms with Gasteiger partial charge in [0, 0.05) is 35.3 Å². The molecule has 0 aliphatic carbocycles. The van der Waals surface area contributed by atoms with Crippen molar-refractivity contribution in [3.05, 3.63) is 101 Å². The number of hydrogen-bond donors (Lipinski definition) is 3. The van der Waals surface area contributed by atoms with Gasteiger partial charge in [0.25, 0.3) is 11.8 Å². The molecule has 4 aromatic rings. The Balaban J connectivity index is 1.44. The standard InChI is InChI=1S/C25H23N3O3/c1-17-9-10-21-19(16-27-22(21)14-17)11-12-26-25(30)23(15-20-8-5-13-31-20)28-24(29)18-6-3-2-4-7-18/h2-10,13-16,27H,11-12H2,1H3,(H,26,30)(H,28,29)/b23-15-. The number of fused-ring (bicyclic) bond motifs is 1. The van der Waals surface area contributed by atoms with Crippen molar-refractivity contribution in [2.75, 3.05) is 6.54 Å². The zero-order valence-corrected chi connectivity index (χ0v) is 17.1. The number of aromatic amines is 1. The van der Waals surface area contributed by atoms with Crippen molar-refractivity contribution in [2.45, 2.75) is 13.3 Å². The Morgan fingerprint density at radius 1 is 1.06 bits per heavy atom. The van der Waals surface area contributed by atoms with Gasteiger partial charge >= 0.3 is 0 Å². The van der Waals surface area contributed by atoms with E-state index in [2.05, 4.69) is 40.7 Å². The molecule has 0 spiro atoms. The lowest BCUT2D eigenvalue weighted by Gasteiger charge is -2.11. The number of benzene rings is 2. The molecule has 0 aliphatic heterocycles. The maximum absolute atomic E-state index is 12.8. The lowest BCUT2D eigenvalue weighted by Crippen LogP contribution is -2.35. The minimum atomic E-state index is -0.378. The number of amides is 2. The highest BCUT2D eigenvalue weighted by atomic mass is 16.3. The van der Waals surface area contributed by atoms with E-state index in [1.165, 1.54) is 17.9 Å². The molecule has 31 heavy (non-hydrogen) atoms. The van der Waals surface area contributed by atoms with E-state index in [9.17, 15) is 9.59 Å². The van der Waals surface area contributed by atoms with Gasteiger partial charge in [-0.1, -0.05) is 30.3 Å². The number of hydrogen-bond acceptors (Lipinski definition) is 3. The first-order valence-corrected chi connectivity index (χ1v) is 10.1. The van der Waals surface area contributed by atoms with Gasteiger partial charge in [-0.3, -0.25) is 9.59 Å². The zero-order chi connectivity index (χ0) is 21.6. The molecule has 3 N–H and O–H groups in total. The normalized spacial score (nSPS) is 11.5. The molecule has 0 saturated carbocycles. The molecular formula is C25H23N3O3. The third-order valence-corrected chi connectivity index (χ3v) is 4.96. The van der Waals surface area contributed by atoms with E-state index < -0.39 is 0 Å². The number of aromatic nitrogens is 1. The fourth-order valence-corrected chi connectivity index (χ4v) is 3.37. The second kappa shape index (κ2) is 9.17. The quantitative estimate of drug-likeness (QED) is 0.397. The summed E-state index contributed by atoms with van der Waals surface area (Å²) < 4.78 is 5.31. The molecule has 0 fully saturated rings. The fraction of sp³-hybridized carbons (Fsp3) is 0.120. The Morgan fingerprint density at radius 3 is 2.68 bits per heavy atom. The van der Waals surface area contributed by atoms with Gasteiger partial charge in [-0.15, -0.1) is 0 Å². The molecule has 0 aliphatic rings. The van der Waals surface area contributed by atoms with E-state index in [0.29, 0.717) is 24.3 Å². The minimum Gasteiger partial charge on any atom is -0.465 e. The zero-order valence-electron chi connectivity index (χ0n) is 17.1. The summed E-state index contributed by atoms with van der Waals surface area (Å²) in [7, 11) is 0. The highest BCUT2D eigenvalue weighted by Crippen LogP contribution is 2.19. The van der Waals surface area contributed by atoms with Crippen molar-refractivity contribution in [3.63, 3.8) is 0 Å². The number of aryl methyl sites for hydroxylation is 1. The Bertz CT molecular complexity index is 1220. The van der Waals surface area contributed by atoms with E-state index in [4.69, 9.17) is 4.42 Å². The Labute approximate surface area is 180 Å². The second-order valence-corrected chi connectivity index (χ2v) is 7.26. The maximum Gasteiger partial charge on any atom is 0.267 e. The molecule has 2 aromatic heterocycles. The maximum atomic E-state index is 12.8. The van der Waals surface area contributed by atoms with Crippen LogP contribution in [0.1, 0.15) is 27.2 Å². The molecule has 4 rings (SSSR count). The number of furan rings is 1. The lowest BCUT2D eigenvalue weighted by atomic mass is 10.1. The Hall–Kier alpha value is -4.06. The molecule has 0 saturated heterocycles.